The van der Waals surface area contributed by atoms with Gasteiger partial charge in [0.25, 0.3) is 0 Å². The average molecular weight is 332 g/mol. The van der Waals surface area contributed by atoms with Gasteiger partial charge in [-0.05, 0) is 42.2 Å². The molecule has 0 spiro atoms. The molecule has 2 atom stereocenters. The summed E-state index contributed by atoms with van der Waals surface area (Å²) in [6.07, 6.45) is 6.97. The topological polar surface area (TPSA) is 50.2 Å². The molecule has 2 amide bonds. The van der Waals surface area contributed by atoms with E-state index < -0.39 is 0 Å². The van der Waals surface area contributed by atoms with E-state index in [1.54, 1.807) is 11.3 Å². The van der Waals surface area contributed by atoms with Crippen molar-refractivity contribution in [3.05, 3.63) is 40.3 Å². The van der Waals surface area contributed by atoms with Gasteiger partial charge in [0.05, 0.1) is 12.2 Å². The van der Waals surface area contributed by atoms with Gasteiger partial charge in [-0.3, -0.25) is 4.68 Å². The molecule has 124 valence electrons. The highest BCUT2D eigenvalue weighted by Crippen LogP contribution is 2.24. The first-order chi connectivity index (χ1) is 11.2. The summed E-state index contributed by atoms with van der Waals surface area (Å²) in [5.41, 5.74) is 1.25. The Hall–Kier alpha value is -1.82. The van der Waals surface area contributed by atoms with E-state index in [9.17, 15) is 4.79 Å². The minimum atomic E-state index is 0.0685. The van der Waals surface area contributed by atoms with Crippen LogP contribution < -0.4 is 5.32 Å². The number of amides is 2. The van der Waals surface area contributed by atoms with Gasteiger partial charge in [-0.15, -0.1) is 11.3 Å². The third kappa shape index (κ3) is 3.93. The summed E-state index contributed by atoms with van der Waals surface area (Å²) < 4.78 is 1.83. The molecule has 0 aromatic carbocycles. The van der Waals surface area contributed by atoms with E-state index >= 15 is 0 Å². The number of hydrogen-bond acceptors (Lipinski definition) is 3. The smallest absolute Gasteiger partial charge is 0.317 e. The van der Waals surface area contributed by atoms with Gasteiger partial charge in [0, 0.05) is 31.2 Å². The number of nitrogens with zero attached hydrogens (tertiary/aromatic N) is 3. The summed E-state index contributed by atoms with van der Waals surface area (Å²) in [6, 6.07) is 4.32. The SMILES string of the molecule is CC[C@H](NC(=O)N1CC[C@@H](Cc2cnn(C)c2)C1)c1cccs1. The van der Waals surface area contributed by atoms with E-state index in [-0.39, 0.29) is 12.1 Å². The molecule has 2 aromatic heterocycles. The van der Waals surface area contributed by atoms with Crippen LogP contribution in [0.1, 0.15) is 36.2 Å². The minimum Gasteiger partial charge on any atom is -0.330 e. The van der Waals surface area contributed by atoms with Crippen LogP contribution >= 0.6 is 11.3 Å². The van der Waals surface area contributed by atoms with Crippen LogP contribution in [0.2, 0.25) is 0 Å². The van der Waals surface area contributed by atoms with Crippen LogP contribution in [-0.4, -0.2) is 33.8 Å². The van der Waals surface area contributed by atoms with Gasteiger partial charge in [0.1, 0.15) is 0 Å². The minimum absolute atomic E-state index is 0.0685. The zero-order chi connectivity index (χ0) is 16.2. The van der Waals surface area contributed by atoms with Crippen molar-refractivity contribution in [1.82, 2.24) is 20.0 Å². The lowest BCUT2D eigenvalue weighted by molar-refractivity contribution is 0.202. The van der Waals surface area contributed by atoms with Gasteiger partial charge >= 0.3 is 6.03 Å². The number of hydrogen-bond donors (Lipinski definition) is 1. The molecule has 0 saturated carbocycles. The van der Waals surface area contributed by atoms with Gasteiger partial charge in [-0.2, -0.15) is 5.10 Å². The second kappa shape index (κ2) is 7.17. The predicted octanol–water partition coefficient (Wildman–Crippen LogP) is 3.21. The summed E-state index contributed by atoms with van der Waals surface area (Å²) in [5, 5.41) is 9.46. The highest BCUT2D eigenvalue weighted by atomic mass is 32.1. The lowest BCUT2D eigenvalue weighted by Gasteiger charge is -2.22. The van der Waals surface area contributed by atoms with Gasteiger partial charge in [0.2, 0.25) is 0 Å². The lowest BCUT2D eigenvalue weighted by Crippen LogP contribution is -2.40. The second-order valence-electron chi connectivity index (χ2n) is 6.25. The average Bonchev–Trinajstić information content (AvgIpc) is 3.27. The van der Waals surface area contributed by atoms with Crippen LogP contribution in [0.3, 0.4) is 0 Å². The maximum Gasteiger partial charge on any atom is 0.317 e. The summed E-state index contributed by atoms with van der Waals surface area (Å²) in [5.74, 6) is 0.534. The van der Waals surface area contributed by atoms with Crippen molar-refractivity contribution in [1.29, 1.82) is 0 Å². The van der Waals surface area contributed by atoms with Gasteiger partial charge < -0.3 is 10.2 Å². The van der Waals surface area contributed by atoms with Crippen molar-refractivity contribution in [2.45, 2.75) is 32.2 Å². The van der Waals surface area contributed by atoms with Crippen LogP contribution in [0.25, 0.3) is 0 Å². The number of carbonyl (C=O) groups is 1. The van der Waals surface area contributed by atoms with E-state index in [2.05, 4.69) is 35.0 Å². The molecular weight excluding hydrogens is 308 g/mol. The third-order valence-corrected chi connectivity index (χ3v) is 5.43. The lowest BCUT2D eigenvalue weighted by atomic mass is 10.0. The summed E-state index contributed by atoms with van der Waals surface area (Å²) >= 11 is 1.70. The fourth-order valence-corrected chi connectivity index (χ4v) is 4.06. The van der Waals surface area contributed by atoms with Crippen molar-refractivity contribution in [3.63, 3.8) is 0 Å². The highest BCUT2D eigenvalue weighted by Gasteiger charge is 2.28. The van der Waals surface area contributed by atoms with Crippen molar-refractivity contribution in [2.24, 2.45) is 13.0 Å². The maximum absolute atomic E-state index is 12.5. The zero-order valence-corrected chi connectivity index (χ0v) is 14.6. The molecule has 0 unspecified atom stereocenters. The molecule has 0 bridgehead atoms. The number of nitrogens with one attached hydrogen (secondary N) is 1. The largest absolute Gasteiger partial charge is 0.330 e. The molecule has 1 aliphatic rings. The Balaban J connectivity index is 1.52. The molecule has 1 fully saturated rings. The summed E-state index contributed by atoms with van der Waals surface area (Å²) in [4.78, 5) is 15.7. The Morgan fingerprint density at radius 2 is 2.43 bits per heavy atom. The quantitative estimate of drug-likeness (QED) is 0.914. The molecule has 1 saturated heterocycles. The van der Waals surface area contributed by atoms with Crippen molar-refractivity contribution >= 4 is 17.4 Å². The van der Waals surface area contributed by atoms with Crippen LogP contribution in [-0.2, 0) is 13.5 Å². The van der Waals surface area contributed by atoms with Gasteiger partial charge in [-0.25, -0.2) is 4.79 Å². The number of likely N-dealkylation sites (tertiary alicyclic amines) is 1. The first-order valence-electron chi connectivity index (χ1n) is 8.22. The van der Waals surface area contributed by atoms with Crippen LogP contribution in [0.15, 0.2) is 29.9 Å². The fourth-order valence-electron chi connectivity index (χ4n) is 3.20. The summed E-state index contributed by atoms with van der Waals surface area (Å²) in [7, 11) is 1.94. The Bertz CT molecular complexity index is 637. The molecule has 3 rings (SSSR count). The number of urea groups is 1. The Kier molecular flexibility index (Phi) is 5.00. The van der Waals surface area contributed by atoms with E-state index in [1.807, 2.05) is 28.9 Å². The normalized spacial score (nSPS) is 19.0. The first-order valence-corrected chi connectivity index (χ1v) is 9.10. The zero-order valence-electron chi connectivity index (χ0n) is 13.7. The summed E-state index contributed by atoms with van der Waals surface area (Å²) in [6.45, 7) is 3.79. The highest BCUT2D eigenvalue weighted by molar-refractivity contribution is 7.10. The Morgan fingerprint density at radius 3 is 3.09 bits per heavy atom. The molecule has 0 radical (unpaired) electrons. The van der Waals surface area contributed by atoms with E-state index in [1.165, 1.54) is 10.4 Å². The molecule has 5 nitrogen and oxygen atoms in total. The number of carbonyl (C=O) groups excluding carboxylic acids is 1. The van der Waals surface area contributed by atoms with Crippen molar-refractivity contribution < 1.29 is 4.79 Å². The van der Waals surface area contributed by atoms with E-state index in [0.717, 1.165) is 32.4 Å². The monoisotopic (exact) mass is 332 g/mol. The number of aryl methyl sites for hydroxylation is 1. The van der Waals surface area contributed by atoms with Crippen LogP contribution in [0, 0.1) is 5.92 Å². The number of aromatic nitrogens is 2. The second-order valence-corrected chi connectivity index (χ2v) is 7.23. The van der Waals surface area contributed by atoms with E-state index in [0.29, 0.717) is 5.92 Å². The van der Waals surface area contributed by atoms with Crippen LogP contribution in [0.4, 0.5) is 4.79 Å². The molecular formula is C17H24N4OS. The molecule has 2 aromatic rings. The van der Waals surface area contributed by atoms with Crippen molar-refractivity contribution in [2.75, 3.05) is 13.1 Å². The predicted molar refractivity (Wildman–Crippen MR) is 92.5 cm³/mol. The maximum atomic E-state index is 12.5. The Morgan fingerprint density at radius 1 is 1.57 bits per heavy atom. The molecule has 1 aliphatic heterocycles. The first kappa shape index (κ1) is 16.1. The molecule has 6 heteroatoms. The molecule has 3 heterocycles. The number of thiophene rings is 1. The standard InChI is InChI=1S/C17H24N4OS/c1-3-15(16-5-4-8-23-16)19-17(22)21-7-6-13(12-21)9-14-10-18-20(2)11-14/h4-5,8,10-11,13,15H,3,6-7,9,12H2,1-2H3,(H,19,22)/t13-,15-/m0/s1. The van der Waals surface area contributed by atoms with E-state index in [4.69, 9.17) is 0 Å². The Labute approximate surface area is 141 Å². The van der Waals surface area contributed by atoms with Gasteiger partial charge in [-0.1, -0.05) is 13.0 Å². The molecule has 0 aliphatic carbocycles. The molecule has 23 heavy (non-hydrogen) atoms. The third-order valence-electron chi connectivity index (χ3n) is 4.45. The van der Waals surface area contributed by atoms with Crippen molar-refractivity contribution in [3.8, 4) is 0 Å². The number of rotatable bonds is 5. The van der Waals surface area contributed by atoms with Gasteiger partial charge in [0.15, 0.2) is 0 Å². The molecule has 1 N–H and O–H groups in total. The van der Waals surface area contributed by atoms with Crippen LogP contribution in [0.5, 0.6) is 0 Å². The fraction of sp³-hybridized carbons (Fsp3) is 0.529.